The minimum Gasteiger partial charge on any atom is -0.386 e. The molecule has 0 spiro atoms. The third kappa shape index (κ3) is 2.91. The minimum absolute atomic E-state index is 0.0178. The number of aromatic nitrogens is 4. The Hall–Kier alpha value is -2.66. The first-order valence-electron chi connectivity index (χ1n) is 7.88. The molecule has 2 aromatic heterocycles. The molecule has 4 atom stereocenters. The number of nitrogens with zero attached hydrogens (tertiary/aromatic N) is 3. The number of carbonyl (C=O) groups is 1. The summed E-state index contributed by atoms with van der Waals surface area (Å²) in [5.74, 6) is -0.333. The number of hydrogen-bond acceptors (Lipinski definition) is 6. The molecule has 2 amide bonds. The second kappa shape index (κ2) is 6.33. The van der Waals surface area contributed by atoms with Gasteiger partial charge in [0.15, 0.2) is 6.33 Å². The number of anilines is 1. The number of carbonyl (C=O) groups excluding carboxylic acids is 1. The van der Waals surface area contributed by atoms with Crippen LogP contribution >= 0.6 is 0 Å². The summed E-state index contributed by atoms with van der Waals surface area (Å²) in [6, 6.07) is -0.332. The summed E-state index contributed by atoms with van der Waals surface area (Å²) in [5.41, 5.74) is 5.91. The Kier molecular flexibility index (Phi) is 4.35. The molecule has 0 aliphatic carbocycles. The molecular formula is C14H22N7O4+. The molecule has 0 radical (unpaired) electrons. The van der Waals surface area contributed by atoms with E-state index in [-0.39, 0.29) is 36.1 Å². The Balaban J connectivity index is 1.94. The molecule has 25 heavy (non-hydrogen) atoms. The number of hydrogen-bond donors (Lipinski definition) is 5. The topological polar surface area (TPSA) is 151 Å². The molecular weight excluding hydrogens is 330 g/mol. The first-order valence-corrected chi connectivity index (χ1v) is 7.88. The SMILES string of the molecule is CNC(=O)NC[C@H]1[C@@H](O)[C@H]([n+]2cn(C)c3c(=O)[nH]c(N)nc32)O[C@@H]1C. The summed E-state index contributed by atoms with van der Waals surface area (Å²) in [4.78, 5) is 30.1. The van der Waals surface area contributed by atoms with Crippen LogP contribution in [0.4, 0.5) is 10.7 Å². The van der Waals surface area contributed by atoms with Crippen molar-refractivity contribution in [2.24, 2.45) is 13.0 Å². The molecule has 2 aromatic rings. The lowest BCUT2D eigenvalue weighted by molar-refractivity contribution is -0.745. The van der Waals surface area contributed by atoms with Crippen molar-refractivity contribution in [2.45, 2.75) is 25.4 Å². The smallest absolute Gasteiger partial charge is 0.314 e. The van der Waals surface area contributed by atoms with Gasteiger partial charge in [0.25, 0.3) is 11.5 Å². The molecule has 0 saturated carbocycles. The number of amides is 2. The van der Waals surface area contributed by atoms with Crippen LogP contribution in [-0.4, -0.2) is 51.5 Å². The largest absolute Gasteiger partial charge is 0.386 e. The van der Waals surface area contributed by atoms with E-state index >= 15 is 0 Å². The molecule has 0 unspecified atom stereocenters. The molecule has 1 saturated heterocycles. The van der Waals surface area contributed by atoms with Crippen LogP contribution in [-0.2, 0) is 11.8 Å². The van der Waals surface area contributed by atoms with Gasteiger partial charge in [-0.1, -0.05) is 4.98 Å². The number of aryl methyl sites for hydroxylation is 1. The number of nitrogen functional groups attached to an aromatic ring is 1. The van der Waals surface area contributed by atoms with Crippen LogP contribution in [0.5, 0.6) is 0 Å². The van der Waals surface area contributed by atoms with Crippen LogP contribution in [0.1, 0.15) is 13.2 Å². The first-order chi connectivity index (χ1) is 11.8. The number of aromatic amines is 1. The van der Waals surface area contributed by atoms with Crippen molar-refractivity contribution in [3.63, 3.8) is 0 Å². The summed E-state index contributed by atoms with van der Waals surface area (Å²) in [6.45, 7) is 2.07. The van der Waals surface area contributed by atoms with Crippen LogP contribution in [0.25, 0.3) is 11.2 Å². The van der Waals surface area contributed by atoms with E-state index in [1.807, 2.05) is 6.92 Å². The van der Waals surface area contributed by atoms with E-state index in [1.54, 1.807) is 22.5 Å². The summed E-state index contributed by atoms with van der Waals surface area (Å²) >= 11 is 0. The van der Waals surface area contributed by atoms with E-state index in [1.165, 1.54) is 7.05 Å². The van der Waals surface area contributed by atoms with Gasteiger partial charge in [-0.3, -0.25) is 14.3 Å². The van der Waals surface area contributed by atoms with Crippen molar-refractivity contribution in [3.05, 3.63) is 16.7 Å². The zero-order valence-corrected chi connectivity index (χ0v) is 14.2. The van der Waals surface area contributed by atoms with Crippen molar-refractivity contribution in [2.75, 3.05) is 19.3 Å². The third-order valence-corrected chi connectivity index (χ3v) is 4.48. The lowest BCUT2D eigenvalue weighted by atomic mass is 9.99. The molecule has 6 N–H and O–H groups in total. The predicted molar refractivity (Wildman–Crippen MR) is 87.5 cm³/mol. The van der Waals surface area contributed by atoms with Gasteiger partial charge in [0.1, 0.15) is 6.10 Å². The Morgan fingerprint density at radius 3 is 3.00 bits per heavy atom. The molecule has 3 rings (SSSR count). The minimum atomic E-state index is -0.898. The van der Waals surface area contributed by atoms with E-state index in [2.05, 4.69) is 20.6 Å². The number of rotatable bonds is 3. The molecule has 136 valence electrons. The number of imidazole rings is 1. The van der Waals surface area contributed by atoms with Crippen molar-refractivity contribution in [3.8, 4) is 0 Å². The van der Waals surface area contributed by atoms with Gasteiger partial charge in [-0.05, 0) is 6.92 Å². The summed E-state index contributed by atoms with van der Waals surface area (Å²) in [5, 5.41) is 15.8. The van der Waals surface area contributed by atoms with Crippen molar-refractivity contribution >= 4 is 23.1 Å². The lowest BCUT2D eigenvalue weighted by Crippen LogP contribution is -2.47. The number of nitrogens with one attached hydrogen (secondary N) is 3. The van der Waals surface area contributed by atoms with Gasteiger partial charge in [-0.25, -0.2) is 9.36 Å². The van der Waals surface area contributed by atoms with Crippen molar-refractivity contribution in [1.29, 1.82) is 0 Å². The Morgan fingerprint density at radius 2 is 2.32 bits per heavy atom. The number of ether oxygens (including phenoxy) is 1. The fourth-order valence-corrected chi connectivity index (χ4v) is 3.16. The molecule has 11 heteroatoms. The normalized spacial score (nSPS) is 26.1. The second-order valence-electron chi connectivity index (χ2n) is 6.10. The van der Waals surface area contributed by atoms with Gasteiger partial charge >= 0.3 is 11.7 Å². The molecule has 1 fully saturated rings. The first kappa shape index (κ1) is 17.2. The molecule has 11 nitrogen and oxygen atoms in total. The maximum absolute atomic E-state index is 12.1. The number of aliphatic hydroxyl groups excluding tert-OH is 1. The highest BCUT2D eigenvalue weighted by Gasteiger charge is 2.45. The maximum Gasteiger partial charge on any atom is 0.314 e. The van der Waals surface area contributed by atoms with Gasteiger partial charge in [-0.15, -0.1) is 0 Å². The Labute approximate surface area is 142 Å². The second-order valence-corrected chi connectivity index (χ2v) is 6.10. The van der Waals surface area contributed by atoms with Crippen LogP contribution in [0.2, 0.25) is 0 Å². The monoisotopic (exact) mass is 352 g/mol. The van der Waals surface area contributed by atoms with E-state index in [0.29, 0.717) is 11.2 Å². The highest BCUT2D eigenvalue weighted by atomic mass is 16.5. The highest BCUT2D eigenvalue weighted by molar-refractivity contribution is 5.73. The Morgan fingerprint density at radius 1 is 1.60 bits per heavy atom. The lowest BCUT2D eigenvalue weighted by Gasteiger charge is -2.17. The third-order valence-electron chi connectivity index (χ3n) is 4.48. The van der Waals surface area contributed by atoms with Crippen LogP contribution in [0, 0.1) is 5.92 Å². The Bertz CT molecular complexity index is 861. The van der Waals surface area contributed by atoms with Gasteiger partial charge < -0.3 is 26.2 Å². The average Bonchev–Trinajstić information content (AvgIpc) is 3.02. The quantitative estimate of drug-likeness (QED) is 0.401. The fourth-order valence-electron chi connectivity index (χ4n) is 3.16. The van der Waals surface area contributed by atoms with E-state index in [4.69, 9.17) is 10.5 Å². The standard InChI is InChI=1S/C14H21N7O4/c1-6-7(4-17-14(24)16-2)9(22)12(25-6)21-5-20(3)8-10(21)18-13(15)19-11(8)23/h5-7,9,12,22H,4H2,1-3H3,(H4-,15,16,17,18,19,23,24)/p+1/t6-,7-,9-,12-/m1/s1. The number of fused-ring (bicyclic) bond motifs is 1. The van der Waals surface area contributed by atoms with Gasteiger partial charge in [-0.2, -0.15) is 0 Å². The summed E-state index contributed by atoms with van der Waals surface area (Å²) in [6.07, 6.45) is -0.324. The number of aliphatic hydroxyl groups is 1. The van der Waals surface area contributed by atoms with Crippen LogP contribution in [0.15, 0.2) is 11.1 Å². The van der Waals surface area contributed by atoms with Crippen LogP contribution < -0.4 is 26.5 Å². The van der Waals surface area contributed by atoms with Crippen molar-refractivity contribution < 1.29 is 19.2 Å². The molecule has 1 aliphatic rings. The van der Waals surface area contributed by atoms with Gasteiger partial charge in [0, 0.05) is 19.5 Å². The summed E-state index contributed by atoms with van der Waals surface area (Å²) < 4.78 is 9.05. The van der Waals surface area contributed by atoms with E-state index in [0.717, 1.165) is 0 Å². The van der Waals surface area contributed by atoms with E-state index in [9.17, 15) is 14.7 Å². The average molecular weight is 352 g/mol. The molecule has 3 heterocycles. The molecule has 0 bridgehead atoms. The summed E-state index contributed by atoms with van der Waals surface area (Å²) in [7, 11) is 3.21. The van der Waals surface area contributed by atoms with E-state index < -0.39 is 12.3 Å². The van der Waals surface area contributed by atoms with Gasteiger partial charge in [0.2, 0.25) is 11.7 Å². The molecule has 0 aromatic carbocycles. The highest BCUT2D eigenvalue weighted by Crippen LogP contribution is 2.30. The van der Waals surface area contributed by atoms with Gasteiger partial charge in [0.05, 0.1) is 13.2 Å². The predicted octanol–water partition coefficient (Wildman–Crippen LogP) is -2.05. The van der Waals surface area contributed by atoms with Crippen LogP contribution in [0.3, 0.4) is 0 Å². The number of nitrogens with two attached hydrogens (primary N) is 1. The molecule has 1 aliphatic heterocycles. The zero-order valence-electron chi connectivity index (χ0n) is 14.2. The maximum atomic E-state index is 12.1. The number of urea groups is 1. The fraction of sp³-hybridized carbons (Fsp3) is 0.571. The number of H-pyrrole nitrogens is 1. The zero-order chi connectivity index (χ0) is 18.3. The van der Waals surface area contributed by atoms with Crippen molar-refractivity contribution in [1.82, 2.24) is 25.2 Å².